The van der Waals surface area contributed by atoms with E-state index in [0.717, 1.165) is 11.8 Å². The standard InChI is InChI=1S/C10H21BrO/c1-9(2,8-11)6-7-10(3,4)12-5/h6-8H2,1-5H3. The molecular weight excluding hydrogens is 216 g/mol. The van der Waals surface area contributed by atoms with Crippen molar-refractivity contribution < 1.29 is 4.74 Å². The molecule has 74 valence electrons. The molecule has 0 heterocycles. The summed E-state index contributed by atoms with van der Waals surface area (Å²) in [6.45, 7) is 8.82. The summed E-state index contributed by atoms with van der Waals surface area (Å²) in [6.07, 6.45) is 2.31. The van der Waals surface area contributed by atoms with E-state index in [2.05, 4.69) is 43.6 Å². The van der Waals surface area contributed by atoms with Crippen molar-refractivity contribution in [2.24, 2.45) is 5.41 Å². The van der Waals surface area contributed by atoms with Gasteiger partial charge < -0.3 is 4.74 Å². The average Bonchev–Trinajstić information content (AvgIpc) is 2.02. The number of ether oxygens (including phenoxy) is 1. The molecule has 0 aromatic heterocycles. The quantitative estimate of drug-likeness (QED) is 0.663. The van der Waals surface area contributed by atoms with E-state index in [9.17, 15) is 0 Å². The van der Waals surface area contributed by atoms with Gasteiger partial charge in [-0.05, 0) is 32.1 Å². The predicted octanol–water partition coefficient (Wildman–Crippen LogP) is 3.61. The Labute approximate surface area is 85.0 Å². The molecule has 2 heteroatoms. The smallest absolute Gasteiger partial charge is 0.0623 e. The van der Waals surface area contributed by atoms with Gasteiger partial charge in [-0.1, -0.05) is 29.8 Å². The van der Waals surface area contributed by atoms with Crippen LogP contribution in [0.2, 0.25) is 0 Å². The predicted molar refractivity (Wildman–Crippen MR) is 57.9 cm³/mol. The topological polar surface area (TPSA) is 9.23 Å². The van der Waals surface area contributed by atoms with Gasteiger partial charge in [0, 0.05) is 12.4 Å². The molecule has 0 aliphatic rings. The minimum absolute atomic E-state index is 0.0272. The summed E-state index contributed by atoms with van der Waals surface area (Å²) in [5.41, 5.74) is 0.412. The SMILES string of the molecule is COC(C)(C)CCC(C)(C)CBr. The van der Waals surface area contributed by atoms with Crippen LogP contribution in [0, 0.1) is 5.41 Å². The molecule has 0 aliphatic carbocycles. The first-order chi connectivity index (χ1) is 5.33. The van der Waals surface area contributed by atoms with E-state index < -0.39 is 0 Å². The molecule has 0 amide bonds. The van der Waals surface area contributed by atoms with Crippen molar-refractivity contribution in [3.05, 3.63) is 0 Å². The molecule has 0 radical (unpaired) electrons. The average molecular weight is 237 g/mol. The summed E-state index contributed by atoms with van der Waals surface area (Å²) < 4.78 is 5.36. The third-order valence-corrected chi connectivity index (χ3v) is 3.84. The first-order valence-electron chi connectivity index (χ1n) is 4.44. The summed E-state index contributed by atoms with van der Waals surface area (Å²) in [5.74, 6) is 0. The van der Waals surface area contributed by atoms with Crippen molar-refractivity contribution in [1.82, 2.24) is 0 Å². The fourth-order valence-electron chi connectivity index (χ4n) is 0.808. The Morgan fingerprint density at radius 3 is 1.92 bits per heavy atom. The number of alkyl halides is 1. The molecule has 0 rings (SSSR count). The summed E-state index contributed by atoms with van der Waals surface area (Å²) >= 11 is 3.52. The maximum Gasteiger partial charge on any atom is 0.0623 e. The first-order valence-corrected chi connectivity index (χ1v) is 5.56. The van der Waals surface area contributed by atoms with Crippen LogP contribution in [0.3, 0.4) is 0 Å². The van der Waals surface area contributed by atoms with Crippen LogP contribution in [0.1, 0.15) is 40.5 Å². The van der Waals surface area contributed by atoms with Crippen molar-refractivity contribution in [3.63, 3.8) is 0 Å². The van der Waals surface area contributed by atoms with Crippen LogP contribution in [-0.4, -0.2) is 18.0 Å². The van der Waals surface area contributed by atoms with Crippen LogP contribution in [0.15, 0.2) is 0 Å². The maximum atomic E-state index is 5.36. The number of hydrogen-bond acceptors (Lipinski definition) is 1. The lowest BCUT2D eigenvalue weighted by atomic mass is 9.86. The normalized spacial score (nSPS) is 13.5. The Hall–Kier alpha value is 0.440. The Morgan fingerprint density at radius 1 is 1.08 bits per heavy atom. The first kappa shape index (κ1) is 12.4. The van der Waals surface area contributed by atoms with Crippen molar-refractivity contribution in [2.75, 3.05) is 12.4 Å². The van der Waals surface area contributed by atoms with E-state index in [0.29, 0.717) is 5.41 Å². The van der Waals surface area contributed by atoms with Gasteiger partial charge in [-0.25, -0.2) is 0 Å². The van der Waals surface area contributed by atoms with Crippen LogP contribution in [0.4, 0.5) is 0 Å². The maximum absolute atomic E-state index is 5.36. The largest absolute Gasteiger partial charge is 0.379 e. The summed E-state index contributed by atoms with van der Waals surface area (Å²) in [7, 11) is 1.78. The molecule has 0 spiro atoms. The molecule has 0 aromatic carbocycles. The van der Waals surface area contributed by atoms with Crippen molar-refractivity contribution in [2.45, 2.75) is 46.1 Å². The van der Waals surface area contributed by atoms with Gasteiger partial charge in [-0.2, -0.15) is 0 Å². The van der Waals surface area contributed by atoms with Gasteiger partial charge in [0.15, 0.2) is 0 Å². The zero-order chi connectivity index (χ0) is 9.83. The molecular formula is C10H21BrO. The number of hydrogen-bond donors (Lipinski definition) is 0. The Bertz CT molecular complexity index is 114. The van der Waals surface area contributed by atoms with E-state index in [1.165, 1.54) is 6.42 Å². The Kier molecular flexibility index (Phi) is 4.78. The van der Waals surface area contributed by atoms with E-state index in [-0.39, 0.29) is 5.60 Å². The van der Waals surface area contributed by atoms with Crippen molar-refractivity contribution >= 4 is 15.9 Å². The van der Waals surface area contributed by atoms with Gasteiger partial charge >= 0.3 is 0 Å². The second kappa shape index (κ2) is 4.61. The van der Waals surface area contributed by atoms with E-state index in [1.807, 2.05) is 0 Å². The molecule has 12 heavy (non-hydrogen) atoms. The highest BCUT2D eigenvalue weighted by molar-refractivity contribution is 9.09. The van der Waals surface area contributed by atoms with Crippen LogP contribution in [0.5, 0.6) is 0 Å². The van der Waals surface area contributed by atoms with E-state index >= 15 is 0 Å². The molecule has 0 bridgehead atoms. The molecule has 0 unspecified atom stereocenters. The second-order valence-electron chi connectivity index (χ2n) is 4.76. The highest BCUT2D eigenvalue weighted by Crippen LogP contribution is 2.29. The van der Waals surface area contributed by atoms with Crippen LogP contribution in [0.25, 0.3) is 0 Å². The lowest BCUT2D eigenvalue weighted by Crippen LogP contribution is -2.26. The van der Waals surface area contributed by atoms with Gasteiger partial charge in [-0.3, -0.25) is 0 Å². The van der Waals surface area contributed by atoms with Gasteiger partial charge in [-0.15, -0.1) is 0 Å². The Morgan fingerprint density at radius 2 is 1.58 bits per heavy atom. The fraction of sp³-hybridized carbons (Fsp3) is 1.00. The van der Waals surface area contributed by atoms with Crippen molar-refractivity contribution in [3.8, 4) is 0 Å². The molecule has 0 saturated heterocycles. The van der Waals surface area contributed by atoms with E-state index in [4.69, 9.17) is 4.74 Å². The lowest BCUT2D eigenvalue weighted by Gasteiger charge is -2.28. The lowest BCUT2D eigenvalue weighted by molar-refractivity contribution is 0.00731. The highest BCUT2D eigenvalue weighted by Gasteiger charge is 2.22. The second-order valence-corrected chi connectivity index (χ2v) is 5.32. The van der Waals surface area contributed by atoms with Gasteiger partial charge in [0.05, 0.1) is 5.60 Å². The fourth-order valence-corrected chi connectivity index (χ4v) is 1.09. The van der Waals surface area contributed by atoms with Crippen LogP contribution in [-0.2, 0) is 4.74 Å². The Balaban J connectivity index is 3.82. The van der Waals surface area contributed by atoms with Gasteiger partial charge in [0.2, 0.25) is 0 Å². The molecule has 1 nitrogen and oxygen atoms in total. The van der Waals surface area contributed by atoms with Gasteiger partial charge in [0.1, 0.15) is 0 Å². The third-order valence-electron chi connectivity index (χ3n) is 2.32. The number of halogens is 1. The zero-order valence-corrected chi connectivity index (χ0v) is 10.5. The van der Waals surface area contributed by atoms with Crippen LogP contribution >= 0.6 is 15.9 Å². The molecule has 0 atom stereocenters. The van der Waals surface area contributed by atoms with Crippen LogP contribution < -0.4 is 0 Å². The molecule has 0 saturated carbocycles. The summed E-state index contributed by atoms with van der Waals surface area (Å²) in [5, 5.41) is 1.06. The van der Waals surface area contributed by atoms with E-state index in [1.54, 1.807) is 7.11 Å². The monoisotopic (exact) mass is 236 g/mol. The highest BCUT2D eigenvalue weighted by atomic mass is 79.9. The number of methoxy groups -OCH3 is 1. The number of rotatable bonds is 5. The zero-order valence-electron chi connectivity index (χ0n) is 8.91. The third kappa shape index (κ3) is 5.15. The van der Waals surface area contributed by atoms with Crippen molar-refractivity contribution in [1.29, 1.82) is 0 Å². The molecule has 0 aliphatic heterocycles. The summed E-state index contributed by atoms with van der Waals surface area (Å²) in [4.78, 5) is 0. The summed E-state index contributed by atoms with van der Waals surface area (Å²) in [6, 6.07) is 0. The molecule has 0 fully saturated rings. The minimum Gasteiger partial charge on any atom is -0.379 e. The molecule has 0 aromatic rings. The van der Waals surface area contributed by atoms with Gasteiger partial charge in [0.25, 0.3) is 0 Å². The minimum atomic E-state index is 0.0272. The molecule has 0 N–H and O–H groups in total.